The molecule has 3 rings (SSSR count). The van der Waals surface area contributed by atoms with E-state index in [-0.39, 0.29) is 23.2 Å². The quantitative estimate of drug-likeness (QED) is 0.676. The van der Waals surface area contributed by atoms with Crippen LogP contribution in [0.5, 0.6) is 0 Å². The fraction of sp³-hybridized carbons (Fsp3) is 0.786. The molecule has 0 bridgehead atoms. The number of likely N-dealkylation sites (tertiary alicyclic amines) is 1. The van der Waals surface area contributed by atoms with Gasteiger partial charge in [0.2, 0.25) is 10.0 Å². The maximum Gasteiger partial charge on any atom is 0.500 e. The summed E-state index contributed by atoms with van der Waals surface area (Å²) in [7, 11) is -0.0515. The first-order valence-corrected chi connectivity index (χ1v) is 9.49. The van der Waals surface area contributed by atoms with E-state index in [1.165, 1.54) is 11.6 Å². The Morgan fingerprint density at radius 2 is 1.78 bits per heavy atom. The minimum Gasteiger partial charge on any atom is -0.284 e. The third kappa shape index (κ3) is 3.31. The van der Waals surface area contributed by atoms with Crippen LogP contribution in [0.3, 0.4) is 0 Å². The Morgan fingerprint density at radius 1 is 1.17 bits per heavy atom. The average molecular weight is 343 g/mol. The van der Waals surface area contributed by atoms with Crippen LogP contribution in [0.1, 0.15) is 25.7 Å². The van der Waals surface area contributed by atoms with Crippen molar-refractivity contribution >= 4 is 28.2 Å². The largest absolute Gasteiger partial charge is 0.500 e. The van der Waals surface area contributed by atoms with Crippen molar-refractivity contribution in [1.82, 2.24) is 14.5 Å². The molecule has 0 aromatic heterocycles. The second kappa shape index (κ2) is 5.95. The molecule has 2 fully saturated rings. The molecule has 8 nitrogen and oxygen atoms in total. The van der Waals surface area contributed by atoms with E-state index in [2.05, 4.69) is 4.72 Å². The highest BCUT2D eigenvalue weighted by molar-refractivity contribution is 7.90. The third-order valence-corrected chi connectivity index (χ3v) is 6.77. The number of hydrogen-bond acceptors (Lipinski definition) is 5. The molecule has 1 N–H and O–H groups in total. The van der Waals surface area contributed by atoms with Crippen LogP contribution in [-0.2, 0) is 14.8 Å². The monoisotopic (exact) mass is 343 g/mol. The molecule has 128 valence electrons. The molecule has 1 saturated heterocycles. The first-order valence-electron chi connectivity index (χ1n) is 7.94. The number of nitrogens with zero attached hydrogens (tertiary/aromatic N) is 3. The Kier molecular flexibility index (Phi) is 4.28. The van der Waals surface area contributed by atoms with Crippen molar-refractivity contribution in [2.24, 2.45) is 0 Å². The molecular weight excluding hydrogens is 320 g/mol. The second-order valence-electron chi connectivity index (χ2n) is 6.56. The standard InChI is InChI=1S/C14H23N4O4S/c1-16-9-12(13(19)17(2)14(16)20)18-7-5-10(6-8-18)15-23(21,22)11-3-4-11/h9-12,15H,3-8H2,1-2H3/q+1. The van der Waals surface area contributed by atoms with Crippen molar-refractivity contribution in [2.45, 2.75) is 43.0 Å². The van der Waals surface area contributed by atoms with Gasteiger partial charge in [-0.25, -0.2) is 22.5 Å². The van der Waals surface area contributed by atoms with Crippen LogP contribution >= 0.6 is 0 Å². The number of amides is 3. The van der Waals surface area contributed by atoms with Gasteiger partial charge in [0, 0.05) is 19.1 Å². The number of likely N-dealkylation sites (N-methyl/N-ethyl adjacent to an activating group) is 1. The molecule has 0 aromatic carbocycles. The molecule has 0 aromatic rings. The van der Waals surface area contributed by atoms with Crippen LogP contribution in [0.15, 0.2) is 0 Å². The SMILES string of the molecule is CN1C(=O)C(N2CCC(NS(=O)(=O)C3CC3)CC2)C=[N+](C)C1=O. The summed E-state index contributed by atoms with van der Waals surface area (Å²) in [5.74, 6) is -0.231. The van der Waals surface area contributed by atoms with Gasteiger partial charge in [-0.2, -0.15) is 9.69 Å². The van der Waals surface area contributed by atoms with Crippen LogP contribution in [-0.4, -0.2) is 85.5 Å². The highest BCUT2D eigenvalue weighted by atomic mass is 32.2. The second-order valence-corrected chi connectivity index (χ2v) is 8.55. The Balaban J connectivity index is 1.60. The molecule has 1 atom stereocenters. The number of nitrogens with one attached hydrogen (secondary N) is 1. The van der Waals surface area contributed by atoms with E-state index in [9.17, 15) is 18.0 Å². The summed E-state index contributed by atoms with van der Waals surface area (Å²) in [4.78, 5) is 27.2. The van der Waals surface area contributed by atoms with E-state index in [1.54, 1.807) is 13.3 Å². The molecule has 1 unspecified atom stereocenters. The third-order valence-electron chi connectivity index (χ3n) is 4.75. The van der Waals surface area contributed by atoms with E-state index >= 15 is 0 Å². The molecule has 1 saturated carbocycles. The molecular formula is C14H23N4O4S+. The van der Waals surface area contributed by atoms with Gasteiger partial charge in [-0.1, -0.05) is 0 Å². The molecule has 3 amide bonds. The number of rotatable bonds is 4. The smallest absolute Gasteiger partial charge is 0.284 e. The maximum atomic E-state index is 12.3. The van der Waals surface area contributed by atoms with Crippen LogP contribution in [0, 0.1) is 0 Å². The zero-order chi connectivity index (χ0) is 16.8. The lowest BCUT2D eigenvalue weighted by atomic mass is 10.0. The molecule has 23 heavy (non-hydrogen) atoms. The van der Waals surface area contributed by atoms with Crippen molar-refractivity contribution in [3.05, 3.63) is 0 Å². The highest BCUT2D eigenvalue weighted by Gasteiger charge is 2.43. The zero-order valence-corrected chi connectivity index (χ0v) is 14.3. The molecule has 9 heteroatoms. The Bertz CT molecular complexity index is 648. The van der Waals surface area contributed by atoms with Gasteiger partial charge >= 0.3 is 11.9 Å². The lowest BCUT2D eigenvalue weighted by Crippen LogP contribution is -2.59. The first-order chi connectivity index (χ1) is 10.8. The van der Waals surface area contributed by atoms with Gasteiger partial charge in [0.1, 0.15) is 6.21 Å². The Hall–Kier alpha value is -1.32. The topological polar surface area (TPSA) is 89.8 Å². The van der Waals surface area contributed by atoms with E-state index in [4.69, 9.17) is 0 Å². The first kappa shape index (κ1) is 16.5. The van der Waals surface area contributed by atoms with Crippen molar-refractivity contribution in [1.29, 1.82) is 0 Å². The summed E-state index contributed by atoms with van der Waals surface area (Å²) >= 11 is 0. The summed E-state index contributed by atoms with van der Waals surface area (Å²) < 4.78 is 28.2. The number of carbonyl (C=O) groups excluding carboxylic acids is 2. The highest BCUT2D eigenvalue weighted by Crippen LogP contribution is 2.28. The average Bonchev–Trinajstić information content (AvgIpc) is 3.35. The lowest BCUT2D eigenvalue weighted by Gasteiger charge is -2.36. The zero-order valence-electron chi connectivity index (χ0n) is 13.4. The molecule has 3 aliphatic rings. The predicted octanol–water partition coefficient (Wildman–Crippen LogP) is -0.794. The van der Waals surface area contributed by atoms with Gasteiger partial charge in [0.25, 0.3) is 0 Å². The van der Waals surface area contributed by atoms with Gasteiger partial charge in [-0.15, -0.1) is 0 Å². The number of hydrogen-bond donors (Lipinski definition) is 1. The summed E-state index contributed by atoms with van der Waals surface area (Å²) in [6.07, 6.45) is 4.49. The fourth-order valence-corrected chi connectivity index (χ4v) is 4.77. The van der Waals surface area contributed by atoms with Gasteiger partial charge in [0.05, 0.1) is 19.3 Å². The summed E-state index contributed by atoms with van der Waals surface area (Å²) in [5.41, 5.74) is 0. The maximum absolute atomic E-state index is 12.3. The lowest BCUT2D eigenvalue weighted by molar-refractivity contribution is -0.401. The van der Waals surface area contributed by atoms with Crippen LogP contribution in [0.2, 0.25) is 0 Å². The minimum atomic E-state index is -3.17. The normalized spacial score (nSPS) is 28.2. The molecule has 1 aliphatic carbocycles. The van der Waals surface area contributed by atoms with Crippen LogP contribution in [0.25, 0.3) is 0 Å². The fourth-order valence-electron chi connectivity index (χ4n) is 3.12. The van der Waals surface area contributed by atoms with Crippen LogP contribution < -0.4 is 4.72 Å². The van der Waals surface area contributed by atoms with Crippen molar-refractivity contribution in [3.8, 4) is 0 Å². The number of piperidine rings is 1. The van der Waals surface area contributed by atoms with E-state index in [1.807, 2.05) is 4.90 Å². The summed E-state index contributed by atoms with van der Waals surface area (Å²) in [6, 6.07) is -0.852. The molecule has 0 spiro atoms. The number of imide groups is 1. The summed E-state index contributed by atoms with van der Waals surface area (Å²) in [5, 5.41) is -0.206. The Morgan fingerprint density at radius 3 is 2.35 bits per heavy atom. The minimum absolute atomic E-state index is 0.0624. The Labute approximate surface area is 136 Å². The predicted molar refractivity (Wildman–Crippen MR) is 83.9 cm³/mol. The van der Waals surface area contributed by atoms with Gasteiger partial charge < -0.3 is 0 Å². The van der Waals surface area contributed by atoms with E-state index < -0.39 is 16.1 Å². The molecule has 0 radical (unpaired) electrons. The van der Waals surface area contributed by atoms with E-state index in [0.717, 1.165) is 17.7 Å². The number of sulfonamides is 1. The van der Waals surface area contributed by atoms with E-state index in [0.29, 0.717) is 25.9 Å². The number of carbonyl (C=O) groups is 2. The van der Waals surface area contributed by atoms with Crippen molar-refractivity contribution in [3.63, 3.8) is 0 Å². The van der Waals surface area contributed by atoms with Gasteiger partial charge in [-0.05, 0) is 25.7 Å². The molecule has 2 heterocycles. The van der Waals surface area contributed by atoms with Crippen molar-refractivity contribution in [2.75, 3.05) is 27.2 Å². The van der Waals surface area contributed by atoms with Crippen molar-refractivity contribution < 1.29 is 22.6 Å². The van der Waals surface area contributed by atoms with Gasteiger partial charge in [-0.3, -0.25) is 4.90 Å². The summed E-state index contributed by atoms with van der Waals surface area (Å²) in [6.45, 7) is 1.25. The van der Waals surface area contributed by atoms with Gasteiger partial charge in [0.15, 0.2) is 6.04 Å². The molecule has 2 aliphatic heterocycles. The number of urea groups is 1. The van der Waals surface area contributed by atoms with Crippen LogP contribution in [0.4, 0.5) is 4.79 Å².